The number of para-hydroxylation sites is 2. The molecule has 8 nitrogen and oxygen atoms in total. The molecule has 1 aliphatic rings. The van der Waals surface area contributed by atoms with Crippen LogP contribution >= 0.6 is 0 Å². The zero-order valence-corrected chi connectivity index (χ0v) is 13.9. The van der Waals surface area contributed by atoms with Gasteiger partial charge in [-0.1, -0.05) is 18.2 Å². The first-order valence-electron chi connectivity index (χ1n) is 8.38. The largest absolute Gasteiger partial charge is 0.340 e. The standard InChI is InChI=1S/C18H17N5O3/c24-18(19-12-5-3-6-13(11-12)23(25)26)22-10-4-9-16(22)17-20-14-7-1-2-8-15(14)21-17/h1-3,5-8,11,16H,4,9-10H2,(H,19,24)(H,20,21). The summed E-state index contributed by atoms with van der Waals surface area (Å²) in [7, 11) is 0. The highest BCUT2D eigenvalue weighted by atomic mass is 16.6. The summed E-state index contributed by atoms with van der Waals surface area (Å²) in [5.74, 6) is 0.762. The number of carbonyl (C=O) groups excluding carboxylic acids is 1. The number of likely N-dealkylation sites (tertiary alicyclic amines) is 1. The number of aromatic nitrogens is 2. The number of fused-ring (bicyclic) bond motifs is 1. The van der Waals surface area contributed by atoms with E-state index >= 15 is 0 Å². The molecule has 1 aliphatic heterocycles. The minimum atomic E-state index is -0.483. The number of carbonyl (C=O) groups is 1. The normalized spacial score (nSPS) is 16.8. The first-order chi connectivity index (χ1) is 12.6. The molecule has 8 heteroatoms. The van der Waals surface area contributed by atoms with E-state index in [1.54, 1.807) is 17.0 Å². The second-order valence-electron chi connectivity index (χ2n) is 6.23. The van der Waals surface area contributed by atoms with Gasteiger partial charge in [0.1, 0.15) is 5.82 Å². The van der Waals surface area contributed by atoms with Crippen molar-refractivity contribution in [3.63, 3.8) is 0 Å². The van der Waals surface area contributed by atoms with Crippen LogP contribution in [0.1, 0.15) is 24.7 Å². The van der Waals surface area contributed by atoms with Crippen LogP contribution in [-0.4, -0.2) is 32.4 Å². The lowest BCUT2D eigenvalue weighted by Gasteiger charge is -2.23. The number of non-ortho nitro benzene ring substituents is 1. The molecular formula is C18H17N5O3. The van der Waals surface area contributed by atoms with E-state index in [4.69, 9.17) is 0 Å². The number of hydrogen-bond acceptors (Lipinski definition) is 4. The van der Waals surface area contributed by atoms with E-state index in [1.165, 1.54) is 12.1 Å². The van der Waals surface area contributed by atoms with Gasteiger partial charge in [-0.15, -0.1) is 0 Å². The summed E-state index contributed by atoms with van der Waals surface area (Å²) in [4.78, 5) is 32.7. The smallest absolute Gasteiger partial charge is 0.322 e. The van der Waals surface area contributed by atoms with Crippen molar-refractivity contribution in [1.29, 1.82) is 0 Å². The summed E-state index contributed by atoms with van der Waals surface area (Å²) in [6, 6.07) is 13.2. The molecule has 2 aromatic carbocycles. The molecule has 3 aromatic rings. The second-order valence-corrected chi connectivity index (χ2v) is 6.23. The van der Waals surface area contributed by atoms with Gasteiger partial charge >= 0.3 is 6.03 Å². The van der Waals surface area contributed by atoms with Gasteiger partial charge in [-0.3, -0.25) is 10.1 Å². The molecule has 1 unspecified atom stereocenters. The Morgan fingerprint density at radius 3 is 2.92 bits per heavy atom. The number of nitro benzene ring substituents is 1. The highest BCUT2D eigenvalue weighted by molar-refractivity contribution is 5.90. The molecule has 1 fully saturated rings. The van der Waals surface area contributed by atoms with E-state index in [9.17, 15) is 14.9 Å². The topological polar surface area (TPSA) is 104 Å². The Labute approximate surface area is 149 Å². The van der Waals surface area contributed by atoms with Gasteiger partial charge in [-0.05, 0) is 31.0 Å². The average Bonchev–Trinajstić information content (AvgIpc) is 3.28. The number of aromatic amines is 1. The second kappa shape index (κ2) is 6.47. The summed E-state index contributed by atoms with van der Waals surface area (Å²) in [6.45, 7) is 0.614. The number of anilines is 1. The molecule has 0 spiro atoms. The summed E-state index contributed by atoms with van der Waals surface area (Å²) in [6.07, 6.45) is 1.70. The van der Waals surface area contributed by atoms with Gasteiger partial charge in [-0.2, -0.15) is 0 Å². The Morgan fingerprint density at radius 2 is 2.12 bits per heavy atom. The van der Waals surface area contributed by atoms with Crippen molar-refractivity contribution in [2.45, 2.75) is 18.9 Å². The molecule has 2 amide bonds. The Balaban J connectivity index is 1.55. The van der Waals surface area contributed by atoms with Crippen molar-refractivity contribution < 1.29 is 9.72 Å². The Hall–Kier alpha value is -3.42. The molecule has 2 N–H and O–H groups in total. The fourth-order valence-corrected chi connectivity index (χ4v) is 3.32. The number of nitrogens with zero attached hydrogens (tertiary/aromatic N) is 3. The third-order valence-corrected chi connectivity index (χ3v) is 4.55. The number of amides is 2. The van der Waals surface area contributed by atoms with Crippen molar-refractivity contribution in [3.05, 3.63) is 64.5 Å². The highest BCUT2D eigenvalue weighted by Gasteiger charge is 2.32. The lowest BCUT2D eigenvalue weighted by atomic mass is 10.2. The van der Waals surface area contributed by atoms with Crippen molar-refractivity contribution in [2.75, 3.05) is 11.9 Å². The number of nitro groups is 1. The molecule has 26 heavy (non-hydrogen) atoms. The predicted octanol–water partition coefficient (Wildman–Crippen LogP) is 3.84. The maximum Gasteiger partial charge on any atom is 0.322 e. The van der Waals surface area contributed by atoms with Crippen molar-refractivity contribution in [2.24, 2.45) is 0 Å². The Bertz CT molecular complexity index is 951. The van der Waals surface area contributed by atoms with Gasteiger partial charge in [0.2, 0.25) is 0 Å². The first-order valence-corrected chi connectivity index (χ1v) is 8.38. The van der Waals surface area contributed by atoms with Crippen LogP contribution in [0.2, 0.25) is 0 Å². The number of benzene rings is 2. The molecule has 1 saturated heterocycles. The molecule has 0 saturated carbocycles. The number of imidazole rings is 1. The van der Waals surface area contributed by atoms with Gasteiger partial charge in [-0.25, -0.2) is 9.78 Å². The van der Waals surface area contributed by atoms with E-state index in [1.807, 2.05) is 24.3 Å². The predicted molar refractivity (Wildman–Crippen MR) is 96.9 cm³/mol. The molecular weight excluding hydrogens is 334 g/mol. The summed E-state index contributed by atoms with van der Waals surface area (Å²) in [5.41, 5.74) is 2.15. The minimum absolute atomic E-state index is 0.0574. The zero-order valence-electron chi connectivity index (χ0n) is 13.9. The van der Waals surface area contributed by atoms with Crippen LogP contribution in [0.4, 0.5) is 16.2 Å². The zero-order chi connectivity index (χ0) is 18.1. The SMILES string of the molecule is O=C(Nc1cccc([N+](=O)[O-])c1)N1CCCC1c1nc2ccccc2[nH]1. The highest BCUT2D eigenvalue weighted by Crippen LogP contribution is 2.32. The van der Waals surface area contributed by atoms with Gasteiger partial charge < -0.3 is 15.2 Å². The van der Waals surface area contributed by atoms with E-state index in [2.05, 4.69) is 15.3 Å². The van der Waals surface area contributed by atoms with Crippen LogP contribution in [0.25, 0.3) is 11.0 Å². The van der Waals surface area contributed by atoms with Crippen LogP contribution in [0.3, 0.4) is 0 Å². The quantitative estimate of drug-likeness (QED) is 0.552. The van der Waals surface area contributed by atoms with Crippen LogP contribution in [0.15, 0.2) is 48.5 Å². The monoisotopic (exact) mass is 351 g/mol. The number of nitrogens with one attached hydrogen (secondary N) is 2. The van der Waals surface area contributed by atoms with Gasteiger partial charge in [0.25, 0.3) is 5.69 Å². The lowest BCUT2D eigenvalue weighted by Crippen LogP contribution is -2.34. The summed E-state index contributed by atoms with van der Waals surface area (Å²) >= 11 is 0. The lowest BCUT2D eigenvalue weighted by molar-refractivity contribution is -0.384. The van der Waals surface area contributed by atoms with Crippen molar-refractivity contribution in [3.8, 4) is 0 Å². The van der Waals surface area contributed by atoms with E-state index < -0.39 is 4.92 Å². The van der Waals surface area contributed by atoms with Gasteiger partial charge in [0, 0.05) is 24.4 Å². The summed E-state index contributed by atoms with van der Waals surface area (Å²) < 4.78 is 0. The molecule has 2 heterocycles. The van der Waals surface area contributed by atoms with Crippen LogP contribution in [-0.2, 0) is 0 Å². The third kappa shape index (κ3) is 2.97. The van der Waals surface area contributed by atoms with Crippen LogP contribution in [0, 0.1) is 10.1 Å². The fourth-order valence-electron chi connectivity index (χ4n) is 3.32. The van der Waals surface area contributed by atoms with Crippen molar-refractivity contribution >= 4 is 28.4 Å². The summed E-state index contributed by atoms with van der Waals surface area (Å²) in [5, 5.41) is 13.6. The fraction of sp³-hybridized carbons (Fsp3) is 0.222. The van der Waals surface area contributed by atoms with Crippen LogP contribution < -0.4 is 5.32 Å². The number of urea groups is 1. The molecule has 1 aromatic heterocycles. The molecule has 0 radical (unpaired) electrons. The Kier molecular flexibility index (Phi) is 4.00. The molecule has 4 rings (SSSR count). The van der Waals surface area contributed by atoms with Crippen LogP contribution in [0.5, 0.6) is 0 Å². The third-order valence-electron chi connectivity index (χ3n) is 4.55. The average molecular weight is 351 g/mol. The molecule has 1 atom stereocenters. The molecule has 0 bridgehead atoms. The Morgan fingerprint density at radius 1 is 1.27 bits per heavy atom. The number of H-pyrrole nitrogens is 1. The first kappa shape index (κ1) is 16.1. The maximum atomic E-state index is 12.7. The van der Waals surface area contributed by atoms with Crippen molar-refractivity contribution in [1.82, 2.24) is 14.9 Å². The number of hydrogen-bond donors (Lipinski definition) is 2. The van der Waals surface area contributed by atoms with E-state index in [0.717, 1.165) is 29.7 Å². The van der Waals surface area contributed by atoms with E-state index in [-0.39, 0.29) is 17.8 Å². The minimum Gasteiger partial charge on any atom is -0.340 e. The maximum absolute atomic E-state index is 12.7. The molecule has 132 valence electrons. The molecule has 0 aliphatic carbocycles. The number of rotatable bonds is 3. The van der Waals surface area contributed by atoms with E-state index in [0.29, 0.717) is 12.2 Å². The van der Waals surface area contributed by atoms with Gasteiger partial charge in [0.05, 0.1) is 22.0 Å². The van der Waals surface area contributed by atoms with Gasteiger partial charge in [0.15, 0.2) is 0 Å².